The zero-order chi connectivity index (χ0) is 14.2. The van der Waals surface area contributed by atoms with Gasteiger partial charge in [-0.1, -0.05) is 44.2 Å². The molecule has 0 N–H and O–H groups in total. The number of carbonyl (C=O) groups is 3. The smallest absolute Gasteiger partial charge is 0.180 e. The van der Waals surface area contributed by atoms with Crippen molar-refractivity contribution in [2.24, 2.45) is 11.3 Å². The van der Waals surface area contributed by atoms with Crippen LogP contribution in [-0.4, -0.2) is 22.7 Å². The number of rotatable bonds is 2. The summed E-state index contributed by atoms with van der Waals surface area (Å²) in [5.41, 5.74) is -0.221. The lowest BCUT2D eigenvalue weighted by Gasteiger charge is -2.35. The number of carbonyl (C=O) groups excluding carboxylic acids is 3. The van der Waals surface area contributed by atoms with E-state index in [0.717, 1.165) is 0 Å². The fourth-order valence-electron chi connectivity index (χ4n) is 2.38. The molecule has 1 aliphatic carbocycles. The van der Waals surface area contributed by atoms with Gasteiger partial charge in [0.2, 0.25) is 0 Å². The van der Waals surface area contributed by atoms with Gasteiger partial charge in [0, 0.05) is 12.0 Å². The van der Waals surface area contributed by atoms with Gasteiger partial charge < -0.3 is 0 Å². The van der Waals surface area contributed by atoms with Crippen LogP contribution >= 0.6 is 11.6 Å². The molecule has 0 bridgehead atoms. The molecule has 4 heteroatoms. The summed E-state index contributed by atoms with van der Waals surface area (Å²) in [6.07, 6.45) is 0.149. The molecule has 2 rings (SSSR count). The second-order valence-corrected chi connectivity index (χ2v) is 6.00. The number of hydrogen-bond donors (Lipinski definition) is 0. The van der Waals surface area contributed by atoms with Gasteiger partial charge in [0.15, 0.2) is 17.3 Å². The fourth-order valence-corrected chi connectivity index (χ4v) is 2.58. The van der Waals surface area contributed by atoms with Crippen molar-refractivity contribution >= 4 is 29.0 Å². The summed E-state index contributed by atoms with van der Waals surface area (Å²) >= 11 is 6.10. The predicted molar refractivity (Wildman–Crippen MR) is 72.3 cm³/mol. The molecule has 100 valence electrons. The molecule has 0 saturated heterocycles. The largest absolute Gasteiger partial charge is 0.298 e. The summed E-state index contributed by atoms with van der Waals surface area (Å²) in [6, 6.07) is 8.38. The van der Waals surface area contributed by atoms with Crippen LogP contribution < -0.4 is 0 Å². The van der Waals surface area contributed by atoms with Crippen molar-refractivity contribution in [3.63, 3.8) is 0 Å². The normalized spacial score (nSPS) is 26.3. The lowest BCUT2D eigenvalue weighted by Crippen LogP contribution is -2.49. The van der Waals surface area contributed by atoms with E-state index < -0.39 is 28.3 Å². The Morgan fingerprint density at radius 2 is 1.79 bits per heavy atom. The van der Waals surface area contributed by atoms with Crippen LogP contribution in [0.2, 0.25) is 0 Å². The van der Waals surface area contributed by atoms with E-state index in [1.807, 2.05) is 0 Å². The Morgan fingerprint density at radius 3 is 2.37 bits per heavy atom. The number of alkyl halides is 1. The van der Waals surface area contributed by atoms with Crippen molar-refractivity contribution in [1.82, 2.24) is 0 Å². The summed E-state index contributed by atoms with van der Waals surface area (Å²) in [5, 5.41) is -0.803. The van der Waals surface area contributed by atoms with Crippen LogP contribution in [0.15, 0.2) is 30.3 Å². The maximum Gasteiger partial charge on any atom is 0.180 e. The first kappa shape index (κ1) is 13.9. The number of halogens is 1. The maximum atomic E-state index is 12.3. The van der Waals surface area contributed by atoms with E-state index in [9.17, 15) is 14.4 Å². The topological polar surface area (TPSA) is 51.2 Å². The lowest BCUT2D eigenvalue weighted by molar-refractivity contribution is -0.136. The highest BCUT2D eigenvalue weighted by atomic mass is 35.5. The molecular weight excluding hydrogens is 264 g/mol. The zero-order valence-corrected chi connectivity index (χ0v) is 11.6. The Kier molecular flexibility index (Phi) is 3.59. The molecule has 3 nitrogen and oxygen atoms in total. The minimum absolute atomic E-state index is 0.149. The average molecular weight is 279 g/mol. The highest BCUT2D eigenvalue weighted by Crippen LogP contribution is 2.38. The van der Waals surface area contributed by atoms with Gasteiger partial charge >= 0.3 is 0 Å². The number of ketones is 3. The SMILES string of the molecule is CC1(C)CC(=O)[C@@H](C(=O)c2ccccc2)C(=O)[C@H]1Cl. The van der Waals surface area contributed by atoms with Crippen LogP contribution in [0.5, 0.6) is 0 Å². The zero-order valence-electron chi connectivity index (χ0n) is 10.9. The Balaban J connectivity index is 2.33. The van der Waals surface area contributed by atoms with Crippen LogP contribution in [0.4, 0.5) is 0 Å². The van der Waals surface area contributed by atoms with E-state index in [1.165, 1.54) is 0 Å². The Hall–Kier alpha value is -1.48. The summed E-state index contributed by atoms with van der Waals surface area (Å²) in [7, 11) is 0. The molecule has 0 aliphatic heterocycles. The Labute approximate surface area is 116 Å². The van der Waals surface area contributed by atoms with Crippen molar-refractivity contribution in [2.75, 3.05) is 0 Å². The van der Waals surface area contributed by atoms with Gasteiger partial charge in [0.1, 0.15) is 5.92 Å². The first-order valence-corrected chi connectivity index (χ1v) is 6.58. The van der Waals surface area contributed by atoms with E-state index in [1.54, 1.807) is 44.2 Å². The number of benzene rings is 1. The predicted octanol–water partition coefficient (Wildman–Crippen LogP) is 2.66. The van der Waals surface area contributed by atoms with Crippen molar-refractivity contribution in [3.05, 3.63) is 35.9 Å². The lowest BCUT2D eigenvalue weighted by atomic mass is 9.69. The molecule has 0 aromatic heterocycles. The molecule has 1 aromatic rings. The third-order valence-electron chi connectivity index (χ3n) is 3.49. The highest BCUT2D eigenvalue weighted by molar-refractivity contribution is 6.39. The Morgan fingerprint density at radius 1 is 1.21 bits per heavy atom. The van der Waals surface area contributed by atoms with Crippen LogP contribution in [0.25, 0.3) is 0 Å². The first-order valence-electron chi connectivity index (χ1n) is 6.14. The molecule has 1 fully saturated rings. The highest BCUT2D eigenvalue weighted by Gasteiger charge is 2.49. The molecule has 1 aliphatic rings. The monoisotopic (exact) mass is 278 g/mol. The maximum absolute atomic E-state index is 12.3. The third kappa shape index (κ3) is 2.47. The van der Waals surface area contributed by atoms with Gasteiger partial charge in [-0.25, -0.2) is 0 Å². The summed E-state index contributed by atoms with van der Waals surface area (Å²) in [5.74, 6) is -2.49. The number of Topliss-reactive ketones (excluding diaryl/α,β-unsaturated/α-hetero) is 3. The van der Waals surface area contributed by atoms with Crippen LogP contribution in [0, 0.1) is 11.3 Å². The molecule has 2 atom stereocenters. The second-order valence-electron chi connectivity index (χ2n) is 5.56. The standard InChI is InChI=1S/C15H15ClO3/c1-15(2)8-10(17)11(13(19)14(15)16)12(18)9-6-4-3-5-7-9/h3-7,11,14H,8H2,1-2H3/t11-,14+/m0/s1. The van der Waals surface area contributed by atoms with Gasteiger partial charge in [0.25, 0.3) is 0 Å². The third-order valence-corrected chi connectivity index (χ3v) is 4.30. The van der Waals surface area contributed by atoms with Crippen LogP contribution in [0.3, 0.4) is 0 Å². The average Bonchev–Trinajstić information content (AvgIpc) is 2.36. The fraction of sp³-hybridized carbons (Fsp3) is 0.400. The van der Waals surface area contributed by atoms with Crippen molar-refractivity contribution < 1.29 is 14.4 Å². The van der Waals surface area contributed by atoms with Gasteiger partial charge in [-0.3, -0.25) is 14.4 Å². The number of hydrogen-bond acceptors (Lipinski definition) is 3. The Bertz CT molecular complexity index is 534. The summed E-state index contributed by atoms with van der Waals surface area (Å²) in [6.45, 7) is 3.54. The van der Waals surface area contributed by atoms with Gasteiger partial charge in [-0.05, 0) is 5.41 Å². The molecule has 1 aromatic carbocycles. The minimum atomic E-state index is -1.24. The molecule has 0 spiro atoms. The molecule has 0 heterocycles. The van der Waals surface area contributed by atoms with E-state index in [-0.39, 0.29) is 12.2 Å². The van der Waals surface area contributed by atoms with Crippen molar-refractivity contribution in [2.45, 2.75) is 25.6 Å². The first-order chi connectivity index (χ1) is 8.84. The molecule has 0 unspecified atom stereocenters. The van der Waals surface area contributed by atoms with E-state index in [2.05, 4.69) is 0 Å². The molecular formula is C15H15ClO3. The molecule has 0 radical (unpaired) electrons. The van der Waals surface area contributed by atoms with Gasteiger partial charge in [-0.15, -0.1) is 11.6 Å². The molecule has 0 amide bonds. The summed E-state index contributed by atoms with van der Waals surface area (Å²) in [4.78, 5) is 36.5. The minimum Gasteiger partial charge on any atom is -0.298 e. The molecule has 1 saturated carbocycles. The van der Waals surface area contributed by atoms with E-state index in [0.29, 0.717) is 5.56 Å². The van der Waals surface area contributed by atoms with E-state index in [4.69, 9.17) is 11.6 Å². The quantitative estimate of drug-likeness (QED) is 0.475. The van der Waals surface area contributed by atoms with E-state index >= 15 is 0 Å². The molecule has 19 heavy (non-hydrogen) atoms. The van der Waals surface area contributed by atoms with Crippen LogP contribution in [-0.2, 0) is 9.59 Å². The summed E-state index contributed by atoms with van der Waals surface area (Å²) < 4.78 is 0. The second kappa shape index (κ2) is 4.89. The van der Waals surface area contributed by atoms with Gasteiger partial charge in [0.05, 0.1) is 5.38 Å². The van der Waals surface area contributed by atoms with Gasteiger partial charge in [-0.2, -0.15) is 0 Å². The van der Waals surface area contributed by atoms with Crippen molar-refractivity contribution in [3.8, 4) is 0 Å². The van der Waals surface area contributed by atoms with Crippen molar-refractivity contribution in [1.29, 1.82) is 0 Å². The van der Waals surface area contributed by atoms with Crippen LogP contribution in [0.1, 0.15) is 30.6 Å².